The maximum atomic E-state index is 12.3. The monoisotopic (exact) mass is 307 g/mol. The number of nitrogens with zero attached hydrogens (tertiary/aromatic N) is 1. The average molecular weight is 308 g/mol. The quantitative estimate of drug-likeness (QED) is 0.685. The van der Waals surface area contributed by atoms with Crippen molar-refractivity contribution >= 4 is 23.4 Å². The highest BCUT2D eigenvalue weighted by molar-refractivity contribution is 6.30. The second kappa shape index (κ2) is 5.90. The third-order valence-corrected chi connectivity index (χ3v) is 3.69. The van der Waals surface area contributed by atoms with Crippen LogP contribution >= 0.6 is 11.6 Å². The molecule has 1 fully saturated rings. The number of carboxylic acid groups (broad SMARTS) is 1. The predicted octanol–water partition coefficient (Wildman–Crippen LogP) is 3.22. The molecule has 0 amide bonds. The van der Waals surface area contributed by atoms with E-state index in [1.54, 1.807) is 35.2 Å². The number of ketones is 1. The zero-order valence-electron chi connectivity index (χ0n) is 12.1. The fourth-order valence-corrected chi connectivity index (χ4v) is 2.71. The van der Waals surface area contributed by atoms with Crippen LogP contribution in [0.2, 0.25) is 5.02 Å². The molecule has 112 valence electrons. The molecule has 0 aromatic heterocycles. The van der Waals surface area contributed by atoms with Crippen molar-refractivity contribution in [1.82, 2.24) is 4.90 Å². The van der Waals surface area contributed by atoms with Crippen LogP contribution in [-0.2, 0) is 4.79 Å². The van der Waals surface area contributed by atoms with Crippen LogP contribution in [0.25, 0.3) is 0 Å². The molecule has 4 nitrogen and oxygen atoms in total. The van der Waals surface area contributed by atoms with Gasteiger partial charge in [-0.15, -0.1) is 0 Å². The van der Waals surface area contributed by atoms with E-state index in [2.05, 4.69) is 13.8 Å². The van der Waals surface area contributed by atoms with Crippen molar-refractivity contribution in [2.75, 3.05) is 13.1 Å². The molecule has 0 bridgehead atoms. The van der Waals surface area contributed by atoms with Crippen LogP contribution in [0, 0.1) is 5.41 Å². The second-order valence-corrected chi connectivity index (χ2v) is 6.53. The lowest BCUT2D eigenvalue weighted by Gasteiger charge is -2.19. The van der Waals surface area contributed by atoms with E-state index in [9.17, 15) is 9.59 Å². The van der Waals surface area contributed by atoms with Crippen molar-refractivity contribution in [3.63, 3.8) is 0 Å². The van der Waals surface area contributed by atoms with Gasteiger partial charge < -0.3 is 10.0 Å². The fourth-order valence-electron chi connectivity index (χ4n) is 2.59. The molecule has 0 unspecified atom stereocenters. The Kier molecular flexibility index (Phi) is 4.37. The summed E-state index contributed by atoms with van der Waals surface area (Å²) in [5, 5.41) is 9.55. The highest BCUT2D eigenvalue weighted by atomic mass is 35.5. The summed E-state index contributed by atoms with van der Waals surface area (Å²) in [4.78, 5) is 25.0. The number of likely N-dealkylation sites (tertiary alicyclic amines) is 1. The Morgan fingerprint density at radius 3 is 2.52 bits per heavy atom. The minimum Gasteiger partial charge on any atom is -0.480 e. The van der Waals surface area contributed by atoms with Crippen LogP contribution in [0.4, 0.5) is 0 Å². The summed E-state index contributed by atoms with van der Waals surface area (Å²) in [7, 11) is 0. The Labute approximate surface area is 129 Å². The van der Waals surface area contributed by atoms with Crippen molar-refractivity contribution in [1.29, 1.82) is 0 Å². The Bertz CT molecular complexity index is 590. The van der Waals surface area contributed by atoms with Crippen molar-refractivity contribution in [2.45, 2.75) is 20.3 Å². The molecule has 1 heterocycles. The Morgan fingerprint density at radius 2 is 1.95 bits per heavy atom. The predicted molar refractivity (Wildman–Crippen MR) is 81.5 cm³/mol. The molecule has 0 atom stereocenters. The topological polar surface area (TPSA) is 57.6 Å². The largest absolute Gasteiger partial charge is 0.480 e. The van der Waals surface area contributed by atoms with Gasteiger partial charge in [-0.25, -0.2) is 0 Å². The maximum Gasteiger partial charge on any atom is 0.323 e. The second-order valence-electron chi connectivity index (χ2n) is 6.10. The van der Waals surface area contributed by atoms with Crippen LogP contribution in [0.5, 0.6) is 0 Å². The normalized spacial score (nSPS) is 19.0. The Morgan fingerprint density at radius 1 is 1.33 bits per heavy atom. The standard InChI is InChI=1S/C16H18ClNO3/c1-16(2)8-13(18(10-16)9-15(20)21)7-14(19)11-3-5-12(17)6-4-11/h3-7H,8-10H2,1-2H3,(H,20,21)/b13-7-. The van der Waals surface area contributed by atoms with Crippen molar-refractivity contribution in [3.05, 3.63) is 46.6 Å². The van der Waals surface area contributed by atoms with Gasteiger partial charge in [0.2, 0.25) is 0 Å². The number of rotatable bonds is 4. The van der Waals surface area contributed by atoms with Crippen molar-refractivity contribution < 1.29 is 14.7 Å². The van der Waals surface area contributed by atoms with Crippen LogP contribution < -0.4 is 0 Å². The number of hydrogen-bond acceptors (Lipinski definition) is 3. The Balaban J connectivity index is 2.22. The van der Waals surface area contributed by atoms with E-state index < -0.39 is 5.97 Å². The van der Waals surface area contributed by atoms with Gasteiger partial charge in [-0.05, 0) is 36.1 Å². The smallest absolute Gasteiger partial charge is 0.323 e. The van der Waals surface area contributed by atoms with Gasteiger partial charge in [-0.2, -0.15) is 0 Å². The third kappa shape index (κ3) is 4.08. The minimum absolute atomic E-state index is 0.0262. The first-order valence-electron chi connectivity index (χ1n) is 6.74. The van der Waals surface area contributed by atoms with E-state index in [0.717, 1.165) is 5.70 Å². The lowest BCUT2D eigenvalue weighted by atomic mass is 9.92. The maximum absolute atomic E-state index is 12.3. The zero-order valence-corrected chi connectivity index (χ0v) is 12.9. The number of carbonyl (C=O) groups excluding carboxylic acids is 1. The molecule has 5 heteroatoms. The molecule has 1 N–H and O–H groups in total. The molecule has 0 aliphatic carbocycles. The summed E-state index contributed by atoms with van der Waals surface area (Å²) in [6.07, 6.45) is 2.24. The van der Waals surface area contributed by atoms with E-state index in [-0.39, 0.29) is 17.7 Å². The molecule has 1 aliphatic heterocycles. The van der Waals surface area contributed by atoms with Crippen LogP contribution in [0.1, 0.15) is 30.6 Å². The number of halogens is 1. The molecule has 0 radical (unpaired) electrons. The highest BCUT2D eigenvalue weighted by Gasteiger charge is 2.34. The van der Waals surface area contributed by atoms with Crippen LogP contribution in [0.3, 0.4) is 0 Å². The molecule has 1 aromatic carbocycles. The molecule has 2 rings (SSSR count). The van der Waals surface area contributed by atoms with Gasteiger partial charge in [-0.3, -0.25) is 9.59 Å². The Hall–Kier alpha value is -1.81. The number of carbonyl (C=O) groups is 2. The van der Waals surface area contributed by atoms with Crippen molar-refractivity contribution in [3.8, 4) is 0 Å². The molecular weight excluding hydrogens is 290 g/mol. The molecule has 0 saturated carbocycles. The van der Waals surface area contributed by atoms with Gasteiger partial charge in [0.05, 0.1) is 0 Å². The number of aliphatic carboxylic acids is 1. The average Bonchev–Trinajstić information content (AvgIpc) is 2.63. The molecule has 1 aromatic rings. The van der Waals surface area contributed by atoms with E-state index >= 15 is 0 Å². The van der Waals surface area contributed by atoms with E-state index in [4.69, 9.17) is 16.7 Å². The number of benzene rings is 1. The lowest BCUT2D eigenvalue weighted by molar-refractivity contribution is -0.137. The first-order chi connectivity index (χ1) is 9.77. The van der Waals surface area contributed by atoms with Crippen LogP contribution in [0.15, 0.2) is 36.0 Å². The van der Waals surface area contributed by atoms with Gasteiger partial charge in [0.15, 0.2) is 5.78 Å². The molecular formula is C16H18ClNO3. The van der Waals surface area contributed by atoms with E-state index in [1.807, 2.05) is 0 Å². The fraction of sp³-hybridized carbons (Fsp3) is 0.375. The lowest BCUT2D eigenvalue weighted by Crippen LogP contribution is -2.28. The van der Waals surface area contributed by atoms with Gasteiger partial charge in [0, 0.05) is 28.9 Å². The summed E-state index contributed by atoms with van der Waals surface area (Å²) in [6, 6.07) is 6.68. The minimum atomic E-state index is -0.891. The SMILES string of the molecule is CC1(C)C/C(=C/C(=O)c2ccc(Cl)cc2)N(CC(=O)O)C1. The van der Waals surface area contributed by atoms with Crippen LogP contribution in [-0.4, -0.2) is 34.8 Å². The molecule has 0 spiro atoms. The number of allylic oxidation sites excluding steroid dienone is 2. The van der Waals surface area contributed by atoms with Gasteiger partial charge in [-0.1, -0.05) is 25.4 Å². The number of hydrogen-bond donors (Lipinski definition) is 1. The molecule has 1 aliphatic rings. The highest BCUT2D eigenvalue weighted by Crippen LogP contribution is 2.36. The van der Waals surface area contributed by atoms with Gasteiger partial charge in [0.25, 0.3) is 0 Å². The first-order valence-corrected chi connectivity index (χ1v) is 7.12. The van der Waals surface area contributed by atoms with Crippen molar-refractivity contribution in [2.24, 2.45) is 5.41 Å². The van der Waals surface area contributed by atoms with E-state index in [0.29, 0.717) is 23.6 Å². The summed E-state index contributed by atoms with van der Waals surface area (Å²) in [5.41, 5.74) is 1.30. The summed E-state index contributed by atoms with van der Waals surface area (Å²) < 4.78 is 0. The summed E-state index contributed by atoms with van der Waals surface area (Å²) >= 11 is 5.80. The summed E-state index contributed by atoms with van der Waals surface area (Å²) in [6.45, 7) is 4.69. The molecule has 1 saturated heterocycles. The zero-order chi connectivity index (χ0) is 15.6. The molecule has 21 heavy (non-hydrogen) atoms. The number of carboxylic acids is 1. The van der Waals surface area contributed by atoms with Gasteiger partial charge in [0.1, 0.15) is 6.54 Å². The third-order valence-electron chi connectivity index (χ3n) is 3.44. The summed E-state index contributed by atoms with van der Waals surface area (Å²) in [5.74, 6) is -1.02. The first kappa shape index (κ1) is 15.6. The van der Waals surface area contributed by atoms with E-state index in [1.165, 1.54) is 0 Å². The van der Waals surface area contributed by atoms with Gasteiger partial charge >= 0.3 is 5.97 Å².